The van der Waals surface area contributed by atoms with Gasteiger partial charge in [0.15, 0.2) is 8.07 Å². The molecule has 0 spiro atoms. The minimum atomic E-state index is -3.29. The predicted molar refractivity (Wildman–Crippen MR) is 367 cm³/mol. The largest absolute Gasteiger partial charge is 0.420 e. The summed E-state index contributed by atoms with van der Waals surface area (Å²) in [6.07, 6.45) is 0. The highest BCUT2D eigenvalue weighted by Gasteiger charge is 2.52. The minimum Gasteiger partial charge on any atom is -0.420 e. The van der Waals surface area contributed by atoms with Crippen molar-refractivity contribution in [2.75, 3.05) is 9.80 Å². The Hall–Kier alpha value is -7.94. The third kappa shape index (κ3) is 10.3. The van der Waals surface area contributed by atoms with Gasteiger partial charge < -0.3 is 8.83 Å². The quantitative estimate of drug-likeness (QED) is 0.112. The van der Waals surface area contributed by atoms with Crippen molar-refractivity contribution in [3.8, 4) is 22.9 Å². The van der Waals surface area contributed by atoms with E-state index in [0.29, 0.717) is 23.5 Å². The van der Waals surface area contributed by atoms with E-state index in [-0.39, 0.29) is 32.5 Å². The van der Waals surface area contributed by atoms with E-state index in [0.717, 1.165) is 50.5 Å². The van der Waals surface area contributed by atoms with Gasteiger partial charge in [0, 0.05) is 33.9 Å². The van der Waals surface area contributed by atoms with Gasteiger partial charge in [-0.2, -0.15) is 0 Å². The molecule has 2 aliphatic rings. The first-order valence-electron chi connectivity index (χ1n) is 30.9. The summed E-state index contributed by atoms with van der Waals surface area (Å²) in [6, 6.07) is 71.0. The van der Waals surface area contributed by atoms with E-state index in [1.54, 1.807) is 0 Å². The molecule has 0 atom stereocenters. The molecule has 8 heteroatoms. The second-order valence-corrected chi connectivity index (χ2v) is 34.3. The fourth-order valence-electron chi connectivity index (χ4n) is 12.7. The van der Waals surface area contributed by atoms with Crippen LogP contribution in [0, 0.1) is 0 Å². The SMILES string of the molecule is CC(C)(C)c1ccc(-c2nc3c(o2)N(c2cc(C(C)(C)C)cc(C(C)(C)C)c2)c2cc([Si](c4ccccc4)(c4ccccc4)c4ccccc4)cc4c2B3c2nc(-c3ccc(C(C)(C)C)cc3)oc2N4c2cc(C(C)(C)C)cc(C(C)(C)C)c2)cc1. The number of rotatable bonds is 8. The average Bonchev–Trinajstić information content (AvgIpc) is 1.25. The first-order valence-corrected chi connectivity index (χ1v) is 32.9. The predicted octanol–water partition coefficient (Wildman–Crippen LogP) is 16.2. The molecular formula is C78H85BN4O2Si. The fourth-order valence-corrected chi connectivity index (χ4v) is 17.5. The number of nitrogens with zero attached hydrogens (tertiary/aromatic N) is 4. The van der Waals surface area contributed by atoms with E-state index in [9.17, 15) is 0 Å². The number of fused-ring (bicyclic) bond motifs is 4. The van der Waals surface area contributed by atoms with Crippen LogP contribution in [0.5, 0.6) is 0 Å². The van der Waals surface area contributed by atoms with Gasteiger partial charge >= 0.3 is 6.71 Å². The summed E-state index contributed by atoms with van der Waals surface area (Å²) in [4.78, 5) is 16.4. The second kappa shape index (κ2) is 20.6. The van der Waals surface area contributed by atoms with E-state index in [1.165, 1.54) is 54.1 Å². The van der Waals surface area contributed by atoms with Crippen LogP contribution in [-0.2, 0) is 32.5 Å². The smallest absolute Gasteiger partial charge is 0.307 e. The summed E-state index contributed by atoms with van der Waals surface area (Å²) in [5, 5.41) is 5.06. The van der Waals surface area contributed by atoms with Gasteiger partial charge in [-0.1, -0.05) is 252 Å². The Labute approximate surface area is 513 Å². The summed E-state index contributed by atoms with van der Waals surface area (Å²) in [5.74, 6) is 2.44. The first-order chi connectivity index (χ1) is 40.4. The molecule has 0 saturated heterocycles. The number of oxazole rings is 2. The molecule has 0 amide bonds. The van der Waals surface area contributed by atoms with Crippen LogP contribution in [0.1, 0.15) is 158 Å². The summed E-state index contributed by atoms with van der Waals surface area (Å²) in [7, 11) is -3.29. The second-order valence-electron chi connectivity index (χ2n) is 30.5. The van der Waals surface area contributed by atoms with Gasteiger partial charge in [0.05, 0.1) is 11.2 Å². The lowest BCUT2D eigenvalue weighted by molar-refractivity contribution is 0.566. The monoisotopic (exact) mass is 1150 g/mol. The van der Waals surface area contributed by atoms with Gasteiger partial charge in [0.1, 0.15) is 0 Å². The molecule has 12 rings (SSSR count). The van der Waals surface area contributed by atoms with Gasteiger partial charge in [-0.15, -0.1) is 0 Å². The van der Waals surface area contributed by atoms with Crippen molar-refractivity contribution in [1.29, 1.82) is 0 Å². The van der Waals surface area contributed by atoms with Crippen molar-refractivity contribution in [2.24, 2.45) is 0 Å². The molecule has 0 bridgehead atoms. The van der Waals surface area contributed by atoms with E-state index < -0.39 is 14.8 Å². The molecule has 2 aromatic heterocycles. The number of hydrogen-bond acceptors (Lipinski definition) is 6. The van der Waals surface area contributed by atoms with Crippen LogP contribution in [0.3, 0.4) is 0 Å². The van der Waals surface area contributed by atoms with Gasteiger partial charge in [-0.3, -0.25) is 9.80 Å². The average molecular weight is 1150 g/mol. The molecule has 0 fully saturated rings. The number of benzene rings is 8. The van der Waals surface area contributed by atoms with Crippen molar-refractivity contribution in [1.82, 2.24) is 9.97 Å². The van der Waals surface area contributed by atoms with Gasteiger partial charge in [0.2, 0.25) is 23.5 Å². The molecule has 6 nitrogen and oxygen atoms in total. The van der Waals surface area contributed by atoms with Crippen molar-refractivity contribution >= 4 is 86.7 Å². The molecular weight excluding hydrogens is 1060 g/mol. The maximum atomic E-state index is 7.59. The molecule has 0 N–H and O–H groups in total. The zero-order valence-corrected chi connectivity index (χ0v) is 55.1. The van der Waals surface area contributed by atoms with Gasteiger partial charge in [-0.05, 0) is 153 Å². The Kier molecular flexibility index (Phi) is 14.0. The molecule has 436 valence electrons. The Morgan fingerprint density at radius 2 is 0.616 bits per heavy atom. The molecule has 2 aliphatic heterocycles. The van der Waals surface area contributed by atoms with Crippen molar-refractivity contribution in [3.63, 3.8) is 0 Å². The fraction of sp³-hybridized carbons (Fsp3) is 0.308. The lowest BCUT2D eigenvalue weighted by Gasteiger charge is -2.42. The lowest BCUT2D eigenvalue weighted by atomic mass is 9.37. The zero-order chi connectivity index (χ0) is 61.3. The lowest BCUT2D eigenvalue weighted by Crippen LogP contribution is -2.75. The van der Waals surface area contributed by atoms with Crippen molar-refractivity contribution < 1.29 is 8.83 Å². The van der Waals surface area contributed by atoms with E-state index in [2.05, 4.69) is 322 Å². The molecule has 0 unspecified atom stereocenters. The molecule has 0 aliphatic carbocycles. The van der Waals surface area contributed by atoms with Crippen LogP contribution in [0.4, 0.5) is 34.5 Å². The summed E-state index contributed by atoms with van der Waals surface area (Å²) < 4.78 is 15.2. The van der Waals surface area contributed by atoms with Crippen LogP contribution in [0.25, 0.3) is 22.9 Å². The molecule has 0 saturated carbocycles. The maximum Gasteiger partial charge on any atom is 0.307 e. The van der Waals surface area contributed by atoms with Gasteiger partial charge in [-0.25, -0.2) is 9.97 Å². The normalized spacial score (nSPS) is 13.9. The number of aromatic nitrogens is 2. The van der Waals surface area contributed by atoms with Crippen molar-refractivity contribution in [3.05, 3.63) is 221 Å². The Bertz CT molecular complexity index is 3790. The minimum absolute atomic E-state index is 0.0380. The van der Waals surface area contributed by atoms with E-state index in [1.807, 2.05) is 0 Å². The van der Waals surface area contributed by atoms with Crippen LogP contribution >= 0.6 is 0 Å². The van der Waals surface area contributed by atoms with Gasteiger partial charge in [0.25, 0.3) is 0 Å². The zero-order valence-electron chi connectivity index (χ0n) is 54.1. The van der Waals surface area contributed by atoms with Crippen LogP contribution in [0.15, 0.2) is 197 Å². The summed E-state index contributed by atoms with van der Waals surface area (Å²) >= 11 is 0. The van der Waals surface area contributed by atoms with Crippen LogP contribution in [0.2, 0.25) is 0 Å². The maximum absolute atomic E-state index is 7.59. The summed E-state index contributed by atoms with van der Waals surface area (Å²) in [5.41, 5.74) is 15.2. The summed E-state index contributed by atoms with van der Waals surface area (Å²) in [6.45, 7) is 40.9. The topological polar surface area (TPSA) is 58.5 Å². The van der Waals surface area contributed by atoms with Crippen LogP contribution < -0.4 is 47.2 Å². The number of hydrogen-bond donors (Lipinski definition) is 0. The highest BCUT2D eigenvalue weighted by molar-refractivity contribution is 7.20. The highest BCUT2D eigenvalue weighted by atomic mass is 28.3. The van der Waals surface area contributed by atoms with E-state index in [4.69, 9.17) is 18.8 Å². The molecule has 0 radical (unpaired) electrons. The highest BCUT2D eigenvalue weighted by Crippen LogP contribution is 2.48. The third-order valence-corrected chi connectivity index (χ3v) is 22.7. The third-order valence-electron chi connectivity index (χ3n) is 18.0. The molecule has 8 aromatic carbocycles. The molecule has 10 aromatic rings. The van der Waals surface area contributed by atoms with Crippen LogP contribution in [-0.4, -0.2) is 24.8 Å². The molecule has 86 heavy (non-hydrogen) atoms. The Balaban J connectivity index is 1.29. The number of anilines is 6. The first kappa shape index (κ1) is 58.4. The Morgan fingerprint density at radius 3 is 0.895 bits per heavy atom. The molecule has 4 heterocycles. The van der Waals surface area contributed by atoms with Crippen molar-refractivity contribution in [2.45, 2.75) is 157 Å². The van der Waals surface area contributed by atoms with E-state index >= 15 is 0 Å². The Morgan fingerprint density at radius 1 is 0.326 bits per heavy atom. The standard InChI is InChI=1S/C78H85BN4O2Si/c1-73(2,3)52-38-34-50(35-39-52)69-80-67-71(84-69)82(58-44-54(75(7,8)9)42-55(45-58)76(10,11)12)64-48-63(86(60-28-22-19-23-29-60,61-30-24-20-25-31-61)62-32-26-21-27-33-62)49-65-66(64)79(67)68-72(85-70(81-68)51-36-40-53(41-37-51)74(4,5)6)83(65)59-46-56(77(13,14)15)43-57(47-59)78(16,17)18/h19-49H,1-18H3.